The molecule has 1 aliphatic carbocycles. The molecule has 0 aliphatic heterocycles. The van der Waals surface area contributed by atoms with Crippen LogP contribution in [-0.2, 0) is 21.8 Å². The minimum absolute atomic E-state index is 0.621. The predicted molar refractivity (Wildman–Crippen MR) is 82.7 cm³/mol. The van der Waals surface area contributed by atoms with Crippen molar-refractivity contribution in [1.29, 1.82) is 0 Å². The van der Waals surface area contributed by atoms with E-state index in [9.17, 15) is 0 Å². The van der Waals surface area contributed by atoms with Crippen LogP contribution in [0.15, 0.2) is 17.7 Å². The van der Waals surface area contributed by atoms with Gasteiger partial charge in [-0.2, -0.15) is 0 Å². The second kappa shape index (κ2) is 5.68. The van der Waals surface area contributed by atoms with Crippen LogP contribution in [0.2, 0.25) is 9.26 Å². The van der Waals surface area contributed by atoms with Crippen LogP contribution >= 0.6 is 0 Å². The Bertz CT molecular complexity index is 507. The number of benzene rings is 1. The molecule has 0 heterocycles. The van der Waals surface area contributed by atoms with Gasteiger partial charge in [0.1, 0.15) is 0 Å². The van der Waals surface area contributed by atoms with Gasteiger partial charge in [0, 0.05) is 0 Å². The molecular formula is C18H27Zr. The third-order valence-corrected chi connectivity index (χ3v) is 8.99. The van der Waals surface area contributed by atoms with Gasteiger partial charge >= 0.3 is 127 Å². The summed E-state index contributed by atoms with van der Waals surface area (Å²) in [5.41, 5.74) is 7.93. The average molecular weight is 335 g/mol. The zero-order valence-electron chi connectivity index (χ0n) is 13.5. The summed E-state index contributed by atoms with van der Waals surface area (Å²) < 4.78 is 5.89. The van der Waals surface area contributed by atoms with Crippen molar-refractivity contribution in [3.8, 4) is 0 Å². The Hall–Kier alpha value is -0.157. The molecule has 1 aromatic rings. The molecule has 19 heavy (non-hydrogen) atoms. The Balaban J connectivity index is 2.64. The van der Waals surface area contributed by atoms with E-state index >= 15 is 0 Å². The molecule has 0 bridgehead atoms. The monoisotopic (exact) mass is 333 g/mol. The second-order valence-corrected chi connectivity index (χ2v) is 13.5. The van der Waals surface area contributed by atoms with Gasteiger partial charge in [0.15, 0.2) is 0 Å². The molecule has 1 atom stereocenters. The summed E-state index contributed by atoms with van der Waals surface area (Å²) in [4.78, 5) is 0. The summed E-state index contributed by atoms with van der Waals surface area (Å²) in [7, 11) is 0. The predicted octanol–water partition coefficient (Wildman–Crippen LogP) is 6.11. The van der Waals surface area contributed by atoms with Crippen LogP contribution in [0, 0.1) is 0 Å². The van der Waals surface area contributed by atoms with E-state index in [1.807, 2.05) is 0 Å². The van der Waals surface area contributed by atoms with Gasteiger partial charge < -0.3 is 0 Å². The van der Waals surface area contributed by atoms with Crippen molar-refractivity contribution in [1.82, 2.24) is 0 Å². The van der Waals surface area contributed by atoms with Gasteiger partial charge in [-0.25, -0.2) is 0 Å². The summed E-state index contributed by atoms with van der Waals surface area (Å²) in [5, 5.41) is 0. The van der Waals surface area contributed by atoms with E-state index in [-0.39, 0.29) is 0 Å². The Labute approximate surface area is 127 Å². The van der Waals surface area contributed by atoms with Crippen LogP contribution in [0.25, 0.3) is 6.08 Å². The zero-order valence-corrected chi connectivity index (χ0v) is 15.9. The summed E-state index contributed by atoms with van der Waals surface area (Å²) in [6.07, 6.45) is 2.48. The first-order valence-corrected chi connectivity index (χ1v) is 13.8. The number of hydrogen-bond acceptors (Lipinski definition) is 0. The molecule has 0 radical (unpaired) electrons. The number of fused-ring (bicyclic) bond motifs is 1. The fraction of sp³-hybridized carbons (Fsp3) is 0.556. The van der Waals surface area contributed by atoms with Crippen molar-refractivity contribution in [3.63, 3.8) is 0 Å². The Morgan fingerprint density at radius 3 is 2.11 bits per heavy atom. The molecule has 0 amide bonds. The van der Waals surface area contributed by atoms with Crippen molar-refractivity contribution >= 4 is 6.08 Å². The first kappa shape index (κ1) is 15.2. The molecule has 0 nitrogen and oxygen atoms in total. The van der Waals surface area contributed by atoms with E-state index in [0.717, 1.165) is 3.63 Å². The van der Waals surface area contributed by atoms with Crippen molar-refractivity contribution < 1.29 is 21.8 Å². The first-order valence-electron chi connectivity index (χ1n) is 7.48. The maximum atomic E-state index is 2.54. The Morgan fingerprint density at radius 1 is 1.00 bits per heavy atom. The summed E-state index contributed by atoms with van der Waals surface area (Å²) in [5.74, 6) is 1.25. The van der Waals surface area contributed by atoms with Gasteiger partial charge in [0.2, 0.25) is 0 Å². The molecule has 0 spiro atoms. The second-order valence-electron chi connectivity index (χ2n) is 6.82. The van der Waals surface area contributed by atoms with Crippen LogP contribution in [0.4, 0.5) is 0 Å². The number of hydrogen-bond donors (Lipinski definition) is 0. The van der Waals surface area contributed by atoms with Crippen LogP contribution in [-0.4, -0.2) is 0 Å². The van der Waals surface area contributed by atoms with Gasteiger partial charge in [-0.1, -0.05) is 0 Å². The molecule has 1 heteroatoms. The summed E-state index contributed by atoms with van der Waals surface area (Å²) in [6.45, 7) is 11.6. The quantitative estimate of drug-likeness (QED) is 0.626. The normalized spacial score (nSPS) is 17.9. The maximum absolute atomic E-state index is 2.54. The van der Waals surface area contributed by atoms with Gasteiger partial charge in [-0.3, -0.25) is 0 Å². The third-order valence-electron chi connectivity index (χ3n) is 4.27. The zero-order chi connectivity index (χ0) is 14.3. The number of allylic oxidation sites excluding steroid dienone is 1. The molecule has 1 aliphatic rings. The fourth-order valence-corrected chi connectivity index (χ4v) is 7.82. The number of rotatable bonds is 3. The van der Waals surface area contributed by atoms with Crippen LogP contribution in [0.1, 0.15) is 72.3 Å². The molecule has 0 fully saturated rings. The van der Waals surface area contributed by atoms with Gasteiger partial charge in [0.25, 0.3) is 0 Å². The topological polar surface area (TPSA) is 0 Å². The standard InChI is InChI=1S/C16H21.2CH3.Zr/c1-10(2)13-8-14-6-12(5)7-16(14)15(9-13)11(3)4;;;/h6-11H,1-5H3;2*1H3;. The molecule has 0 saturated heterocycles. The van der Waals surface area contributed by atoms with Crippen molar-refractivity contribution in [2.75, 3.05) is 0 Å². The minimum atomic E-state index is -1.26. The van der Waals surface area contributed by atoms with Crippen molar-refractivity contribution in [3.05, 3.63) is 40.0 Å². The van der Waals surface area contributed by atoms with E-state index in [1.54, 1.807) is 22.3 Å². The molecule has 0 N–H and O–H groups in total. The molecule has 103 valence electrons. The van der Waals surface area contributed by atoms with E-state index in [1.165, 1.54) is 5.56 Å². The van der Waals surface area contributed by atoms with E-state index in [0.29, 0.717) is 11.8 Å². The summed E-state index contributed by atoms with van der Waals surface area (Å²) in [6, 6.07) is 4.96. The van der Waals surface area contributed by atoms with Crippen LogP contribution < -0.4 is 0 Å². The van der Waals surface area contributed by atoms with E-state index in [2.05, 4.69) is 62.1 Å². The third kappa shape index (κ3) is 2.82. The Morgan fingerprint density at radius 2 is 1.63 bits per heavy atom. The SMILES string of the molecule is CC1=Cc2c(C(C)C)cc(C(C)C)cc2[CH]1[Zr]([CH3])[CH3]. The van der Waals surface area contributed by atoms with Gasteiger partial charge in [-0.15, -0.1) is 0 Å². The molecule has 1 aromatic carbocycles. The first-order chi connectivity index (χ1) is 8.82. The van der Waals surface area contributed by atoms with Crippen molar-refractivity contribution in [2.24, 2.45) is 0 Å². The molecule has 0 aromatic heterocycles. The van der Waals surface area contributed by atoms with Gasteiger partial charge in [0.05, 0.1) is 0 Å². The average Bonchev–Trinajstić information content (AvgIpc) is 2.62. The van der Waals surface area contributed by atoms with Crippen LogP contribution in [0.5, 0.6) is 0 Å². The summed E-state index contributed by atoms with van der Waals surface area (Å²) >= 11 is -1.26. The van der Waals surface area contributed by atoms with E-state index in [4.69, 9.17) is 0 Å². The fourth-order valence-electron chi connectivity index (χ4n) is 3.26. The molecular weight excluding hydrogens is 307 g/mol. The molecule has 0 saturated carbocycles. The van der Waals surface area contributed by atoms with Crippen LogP contribution in [0.3, 0.4) is 0 Å². The van der Waals surface area contributed by atoms with Gasteiger partial charge in [-0.05, 0) is 0 Å². The molecule has 1 unspecified atom stereocenters. The van der Waals surface area contributed by atoms with Crippen molar-refractivity contribution in [2.45, 2.75) is 59.3 Å². The molecule has 2 rings (SSSR count). The Kier molecular flexibility index (Phi) is 4.56. The van der Waals surface area contributed by atoms with E-state index < -0.39 is 21.8 Å².